The molecule has 0 bridgehead atoms. The molecule has 0 aromatic heterocycles. The highest BCUT2D eigenvalue weighted by Gasteiger charge is 2.30. The van der Waals surface area contributed by atoms with Gasteiger partial charge in [-0.1, -0.05) is 38.1 Å². The smallest absolute Gasteiger partial charge is 0.415 e. The molecule has 166 valence electrons. The molecule has 0 spiro atoms. The Morgan fingerprint density at radius 1 is 1.10 bits per heavy atom. The Bertz CT molecular complexity index is 937. The summed E-state index contributed by atoms with van der Waals surface area (Å²) in [6, 6.07) is 15.1. The number of carboxylic acid groups (broad SMARTS) is 1. The Labute approximate surface area is 183 Å². The number of benzene rings is 2. The summed E-state index contributed by atoms with van der Waals surface area (Å²) in [6.45, 7) is 8.45. The van der Waals surface area contributed by atoms with Gasteiger partial charge in [0.15, 0.2) is 5.60 Å². The molecule has 2 aromatic rings. The zero-order chi connectivity index (χ0) is 22.6. The average Bonchev–Trinajstić information content (AvgIpc) is 2.74. The highest BCUT2D eigenvalue weighted by atomic mass is 16.6. The van der Waals surface area contributed by atoms with E-state index in [-0.39, 0.29) is 12.0 Å². The first-order valence-electron chi connectivity index (χ1n) is 10.7. The Morgan fingerprint density at radius 3 is 2.52 bits per heavy atom. The first-order valence-corrected chi connectivity index (χ1v) is 10.7. The van der Waals surface area contributed by atoms with Crippen molar-refractivity contribution in [3.8, 4) is 11.5 Å². The van der Waals surface area contributed by atoms with Crippen LogP contribution in [0.1, 0.15) is 63.5 Å². The van der Waals surface area contributed by atoms with Gasteiger partial charge >= 0.3 is 12.1 Å². The minimum atomic E-state index is -1.31. The molecule has 1 fully saturated rings. The summed E-state index contributed by atoms with van der Waals surface area (Å²) in [5, 5.41) is 9.30. The topological polar surface area (TPSA) is 76.1 Å². The van der Waals surface area contributed by atoms with Gasteiger partial charge in [-0.25, -0.2) is 9.59 Å². The number of nitrogens with zero attached hydrogens (tertiary/aromatic N) is 1. The number of carboxylic acids is 1. The van der Waals surface area contributed by atoms with Crippen molar-refractivity contribution in [2.45, 2.75) is 58.0 Å². The van der Waals surface area contributed by atoms with E-state index < -0.39 is 11.6 Å². The molecule has 0 radical (unpaired) electrons. The summed E-state index contributed by atoms with van der Waals surface area (Å²) in [7, 11) is 0. The number of hydrogen-bond donors (Lipinski definition) is 1. The number of carbonyl (C=O) groups is 2. The van der Waals surface area contributed by atoms with Gasteiger partial charge in [0.1, 0.15) is 11.5 Å². The predicted molar refractivity (Wildman–Crippen MR) is 119 cm³/mol. The van der Waals surface area contributed by atoms with Crippen LogP contribution in [0.5, 0.6) is 11.5 Å². The fourth-order valence-corrected chi connectivity index (χ4v) is 3.69. The maximum absolute atomic E-state index is 12.8. The van der Waals surface area contributed by atoms with Gasteiger partial charge < -0.3 is 19.5 Å². The van der Waals surface area contributed by atoms with Gasteiger partial charge in [-0.3, -0.25) is 0 Å². The summed E-state index contributed by atoms with van der Waals surface area (Å²) < 4.78 is 11.3. The molecule has 1 amide bonds. The molecule has 1 unspecified atom stereocenters. The van der Waals surface area contributed by atoms with Crippen molar-refractivity contribution >= 4 is 12.1 Å². The van der Waals surface area contributed by atoms with E-state index in [0.717, 1.165) is 24.0 Å². The Morgan fingerprint density at radius 2 is 1.81 bits per heavy atom. The number of aliphatic carboxylic acids is 1. The predicted octanol–water partition coefficient (Wildman–Crippen LogP) is 5.43. The maximum atomic E-state index is 12.8. The molecule has 1 atom stereocenters. The second-order valence-corrected chi connectivity index (χ2v) is 8.87. The number of amides is 1. The summed E-state index contributed by atoms with van der Waals surface area (Å²) in [5.74, 6) is 0.546. The monoisotopic (exact) mass is 425 g/mol. The van der Waals surface area contributed by atoms with Crippen molar-refractivity contribution in [1.82, 2.24) is 4.90 Å². The van der Waals surface area contributed by atoms with Gasteiger partial charge in [0.2, 0.25) is 0 Å². The standard InChI is InChI=1S/C25H31NO5/c1-17(2)18-8-5-11-21(14-18)30-24(29)26-13-7-10-20(16-26)19-9-6-12-22(15-19)31-25(3,4)23(27)28/h5-6,8-9,11-12,14-15,17,20H,7,10,13,16H2,1-4H3,(H,27,28). The maximum Gasteiger partial charge on any atom is 0.415 e. The van der Waals surface area contributed by atoms with Crippen LogP contribution < -0.4 is 9.47 Å². The summed E-state index contributed by atoms with van der Waals surface area (Å²) in [6.07, 6.45) is 1.47. The number of rotatable bonds is 6. The van der Waals surface area contributed by atoms with Crippen LogP contribution in [0.15, 0.2) is 48.5 Å². The molecule has 1 aliphatic heterocycles. The van der Waals surface area contributed by atoms with Crippen molar-refractivity contribution in [1.29, 1.82) is 0 Å². The molecule has 0 aliphatic carbocycles. The van der Waals surface area contributed by atoms with Crippen molar-refractivity contribution in [2.75, 3.05) is 13.1 Å². The fraction of sp³-hybridized carbons (Fsp3) is 0.440. The van der Waals surface area contributed by atoms with Gasteiger partial charge in [-0.15, -0.1) is 0 Å². The van der Waals surface area contributed by atoms with Gasteiger partial charge in [-0.05, 0) is 68.0 Å². The van der Waals surface area contributed by atoms with Gasteiger partial charge in [0, 0.05) is 19.0 Å². The summed E-state index contributed by atoms with van der Waals surface area (Å²) in [5.41, 5.74) is 0.840. The highest BCUT2D eigenvalue weighted by Crippen LogP contribution is 2.31. The van der Waals surface area contributed by atoms with E-state index in [1.54, 1.807) is 17.0 Å². The van der Waals surface area contributed by atoms with Crippen LogP contribution in [-0.4, -0.2) is 40.8 Å². The molecular formula is C25H31NO5. The van der Waals surface area contributed by atoms with Crippen LogP contribution >= 0.6 is 0 Å². The zero-order valence-corrected chi connectivity index (χ0v) is 18.6. The highest BCUT2D eigenvalue weighted by molar-refractivity contribution is 5.76. The lowest BCUT2D eigenvalue weighted by Gasteiger charge is -2.32. The molecule has 0 saturated carbocycles. The molecule has 6 heteroatoms. The summed E-state index contributed by atoms with van der Waals surface area (Å²) in [4.78, 5) is 25.9. The van der Waals surface area contributed by atoms with Gasteiger partial charge in [0.25, 0.3) is 0 Å². The molecule has 1 N–H and O–H groups in total. The van der Waals surface area contributed by atoms with E-state index in [9.17, 15) is 14.7 Å². The van der Waals surface area contributed by atoms with Crippen molar-refractivity contribution in [3.05, 3.63) is 59.7 Å². The largest absolute Gasteiger partial charge is 0.478 e. The number of likely N-dealkylation sites (tertiary alicyclic amines) is 1. The Kier molecular flexibility index (Phi) is 6.88. The molecule has 31 heavy (non-hydrogen) atoms. The lowest BCUT2D eigenvalue weighted by molar-refractivity contribution is -0.152. The van der Waals surface area contributed by atoms with E-state index >= 15 is 0 Å². The number of ether oxygens (including phenoxy) is 2. The second-order valence-electron chi connectivity index (χ2n) is 8.87. The van der Waals surface area contributed by atoms with Crippen LogP contribution in [0.2, 0.25) is 0 Å². The Hall–Kier alpha value is -3.02. The van der Waals surface area contributed by atoms with Gasteiger partial charge in [0.05, 0.1) is 0 Å². The number of carbonyl (C=O) groups excluding carboxylic acids is 1. The minimum absolute atomic E-state index is 0.139. The van der Waals surface area contributed by atoms with Crippen LogP contribution in [-0.2, 0) is 4.79 Å². The van der Waals surface area contributed by atoms with Gasteiger partial charge in [-0.2, -0.15) is 0 Å². The first kappa shape index (κ1) is 22.7. The lowest BCUT2D eigenvalue weighted by Crippen LogP contribution is -2.40. The third-order valence-corrected chi connectivity index (χ3v) is 5.63. The Balaban J connectivity index is 1.68. The van der Waals surface area contributed by atoms with E-state index in [0.29, 0.717) is 30.5 Å². The van der Waals surface area contributed by atoms with Crippen molar-refractivity contribution < 1.29 is 24.2 Å². The van der Waals surface area contributed by atoms with E-state index in [2.05, 4.69) is 13.8 Å². The SMILES string of the molecule is CC(C)c1cccc(OC(=O)N2CCCC(c3cccc(OC(C)(C)C(=O)O)c3)C2)c1. The first-order chi connectivity index (χ1) is 14.7. The fourth-order valence-electron chi connectivity index (χ4n) is 3.69. The van der Waals surface area contributed by atoms with Crippen LogP contribution in [0.3, 0.4) is 0 Å². The van der Waals surface area contributed by atoms with E-state index in [4.69, 9.17) is 9.47 Å². The third kappa shape index (κ3) is 5.78. The van der Waals surface area contributed by atoms with Crippen LogP contribution in [0.4, 0.5) is 4.79 Å². The molecule has 1 saturated heterocycles. The molecule has 1 aliphatic rings. The average molecular weight is 426 g/mol. The molecule has 1 heterocycles. The zero-order valence-electron chi connectivity index (χ0n) is 18.6. The number of hydrogen-bond acceptors (Lipinski definition) is 4. The quantitative estimate of drug-likeness (QED) is 0.668. The third-order valence-electron chi connectivity index (χ3n) is 5.63. The van der Waals surface area contributed by atoms with Crippen molar-refractivity contribution in [3.63, 3.8) is 0 Å². The van der Waals surface area contributed by atoms with E-state index in [1.807, 2.05) is 36.4 Å². The van der Waals surface area contributed by atoms with Crippen molar-refractivity contribution in [2.24, 2.45) is 0 Å². The number of piperidine rings is 1. The van der Waals surface area contributed by atoms with E-state index in [1.165, 1.54) is 13.8 Å². The lowest BCUT2D eigenvalue weighted by atomic mass is 9.90. The minimum Gasteiger partial charge on any atom is -0.478 e. The molecule has 6 nitrogen and oxygen atoms in total. The molecular weight excluding hydrogens is 394 g/mol. The summed E-state index contributed by atoms with van der Waals surface area (Å²) >= 11 is 0. The second kappa shape index (κ2) is 9.41. The molecule has 2 aromatic carbocycles. The molecule has 3 rings (SSSR count). The van der Waals surface area contributed by atoms with Crippen LogP contribution in [0, 0.1) is 0 Å². The van der Waals surface area contributed by atoms with Crippen LogP contribution in [0.25, 0.3) is 0 Å². The normalized spacial score (nSPS) is 16.8.